The lowest BCUT2D eigenvalue weighted by molar-refractivity contribution is -0.122. The van der Waals surface area contributed by atoms with Crippen LogP contribution < -0.4 is 5.73 Å². The first-order valence-corrected chi connectivity index (χ1v) is 6.25. The number of hydrogen-bond donors (Lipinski definition) is 1. The molecule has 1 saturated heterocycles. The van der Waals surface area contributed by atoms with Crippen molar-refractivity contribution in [3.05, 3.63) is 40.3 Å². The minimum absolute atomic E-state index is 0.0583. The molecule has 100 valence electrons. The summed E-state index contributed by atoms with van der Waals surface area (Å²) in [6, 6.07) is 2.91. The summed E-state index contributed by atoms with van der Waals surface area (Å²) in [5.74, 6) is -1.81. The zero-order valence-corrected chi connectivity index (χ0v) is 10.5. The van der Waals surface area contributed by atoms with Gasteiger partial charge in [0.1, 0.15) is 11.6 Å². The van der Waals surface area contributed by atoms with Crippen molar-refractivity contribution in [2.24, 2.45) is 5.73 Å². The molecule has 0 aliphatic carbocycles. The van der Waals surface area contributed by atoms with E-state index in [9.17, 15) is 18.4 Å². The number of benzene rings is 1. The highest BCUT2D eigenvalue weighted by molar-refractivity contribution is 8.18. The van der Waals surface area contributed by atoms with Crippen LogP contribution in [-0.2, 0) is 4.79 Å². The van der Waals surface area contributed by atoms with Crippen LogP contribution in [0.1, 0.15) is 5.56 Å². The lowest BCUT2D eigenvalue weighted by atomic mass is 10.2. The zero-order valence-electron chi connectivity index (χ0n) is 9.73. The molecule has 2 amide bonds. The summed E-state index contributed by atoms with van der Waals surface area (Å²) in [7, 11) is 0. The normalized spacial score (nSPS) is 17.6. The second-order valence-electron chi connectivity index (χ2n) is 3.79. The van der Waals surface area contributed by atoms with Gasteiger partial charge in [0, 0.05) is 18.7 Å². The van der Waals surface area contributed by atoms with Gasteiger partial charge in [0.05, 0.1) is 4.91 Å². The SMILES string of the molecule is NCCN1C(=O)S/C(=C\c2cc(F)ccc2F)C1=O. The zero-order chi connectivity index (χ0) is 14.0. The molecule has 0 bridgehead atoms. The van der Waals surface area contributed by atoms with Crippen LogP contribution >= 0.6 is 11.8 Å². The molecule has 0 aromatic heterocycles. The van der Waals surface area contributed by atoms with Crippen LogP contribution in [0.3, 0.4) is 0 Å². The molecule has 0 spiro atoms. The van der Waals surface area contributed by atoms with Crippen molar-refractivity contribution in [2.75, 3.05) is 13.1 Å². The predicted molar refractivity (Wildman–Crippen MR) is 68.1 cm³/mol. The summed E-state index contributed by atoms with van der Waals surface area (Å²) in [5.41, 5.74) is 5.22. The maximum Gasteiger partial charge on any atom is 0.293 e. The Kier molecular flexibility index (Phi) is 3.96. The van der Waals surface area contributed by atoms with Gasteiger partial charge < -0.3 is 5.73 Å². The fourth-order valence-corrected chi connectivity index (χ4v) is 2.44. The van der Waals surface area contributed by atoms with Gasteiger partial charge in [-0.2, -0.15) is 0 Å². The fourth-order valence-electron chi connectivity index (χ4n) is 1.59. The largest absolute Gasteiger partial charge is 0.329 e. The third-order valence-corrected chi connectivity index (χ3v) is 3.38. The second-order valence-corrected chi connectivity index (χ2v) is 4.78. The number of halogens is 2. The Morgan fingerprint density at radius 1 is 1.32 bits per heavy atom. The van der Waals surface area contributed by atoms with Gasteiger partial charge in [-0.05, 0) is 36.0 Å². The van der Waals surface area contributed by atoms with E-state index in [0.717, 1.165) is 23.1 Å². The highest BCUT2D eigenvalue weighted by Gasteiger charge is 2.34. The van der Waals surface area contributed by atoms with Crippen molar-refractivity contribution >= 4 is 29.0 Å². The number of nitrogens with zero attached hydrogens (tertiary/aromatic N) is 1. The molecule has 2 rings (SSSR count). The van der Waals surface area contributed by atoms with E-state index in [1.54, 1.807) is 0 Å². The Bertz CT molecular complexity index is 575. The fraction of sp³-hybridized carbons (Fsp3) is 0.167. The van der Waals surface area contributed by atoms with E-state index < -0.39 is 22.8 Å². The molecule has 1 aromatic rings. The monoisotopic (exact) mass is 284 g/mol. The molecule has 7 heteroatoms. The number of imide groups is 1. The maximum atomic E-state index is 13.4. The Morgan fingerprint density at radius 3 is 2.74 bits per heavy atom. The van der Waals surface area contributed by atoms with Gasteiger partial charge in [-0.1, -0.05) is 0 Å². The van der Waals surface area contributed by atoms with E-state index in [0.29, 0.717) is 11.8 Å². The molecule has 19 heavy (non-hydrogen) atoms. The summed E-state index contributed by atoms with van der Waals surface area (Å²) >= 11 is 0.685. The van der Waals surface area contributed by atoms with E-state index in [4.69, 9.17) is 5.73 Å². The Morgan fingerprint density at radius 2 is 2.05 bits per heavy atom. The predicted octanol–water partition coefficient (Wildman–Crippen LogP) is 1.96. The van der Waals surface area contributed by atoms with Crippen molar-refractivity contribution in [2.45, 2.75) is 0 Å². The average Bonchev–Trinajstić information content (AvgIpc) is 2.62. The molecule has 2 N–H and O–H groups in total. The lowest BCUT2D eigenvalue weighted by Gasteiger charge is -2.09. The molecule has 1 fully saturated rings. The summed E-state index contributed by atoms with van der Waals surface area (Å²) < 4.78 is 26.5. The van der Waals surface area contributed by atoms with Crippen LogP contribution in [0.2, 0.25) is 0 Å². The molecule has 1 heterocycles. The standard InChI is InChI=1S/C12H10F2N2O2S/c13-8-1-2-9(14)7(5-8)6-10-11(17)16(4-3-15)12(18)19-10/h1-2,5-6H,3-4,15H2/b10-6-. The number of carbonyl (C=O) groups excluding carboxylic acids is 2. The topological polar surface area (TPSA) is 63.4 Å². The summed E-state index contributed by atoms with van der Waals surface area (Å²) in [4.78, 5) is 24.4. The number of amides is 2. The molecular formula is C12H10F2N2O2S. The van der Waals surface area contributed by atoms with Gasteiger partial charge in [0.15, 0.2) is 0 Å². The maximum absolute atomic E-state index is 13.4. The van der Waals surface area contributed by atoms with Crippen LogP contribution in [-0.4, -0.2) is 29.1 Å². The first kappa shape index (κ1) is 13.7. The molecule has 0 unspecified atom stereocenters. The van der Waals surface area contributed by atoms with E-state index in [-0.39, 0.29) is 23.6 Å². The number of nitrogens with two attached hydrogens (primary N) is 1. The van der Waals surface area contributed by atoms with Gasteiger partial charge >= 0.3 is 0 Å². The quantitative estimate of drug-likeness (QED) is 0.862. The van der Waals surface area contributed by atoms with Crippen LogP contribution in [0.5, 0.6) is 0 Å². The van der Waals surface area contributed by atoms with Gasteiger partial charge in [-0.3, -0.25) is 14.5 Å². The van der Waals surface area contributed by atoms with E-state index in [1.165, 1.54) is 6.08 Å². The minimum Gasteiger partial charge on any atom is -0.329 e. The molecule has 1 aliphatic heterocycles. The Labute approximate surface area is 112 Å². The number of hydrogen-bond acceptors (Lipinski definition) is 4. The van der Waals surface area contributed by atoms with Crippen LogP contribution in [0.15, 0.2) is 23.1 Å². The number of rotatable bonds is 3. The second kappa shape index (κ2) is 5.50. The van der Waals surface area contributed by atoms with Crippen LogP contribution in [0.4, 0.5) is 13.6 Å². The van der Waals surface area contributed by atoms with E-state index in [1.807, 2.05) is 0 Å². The van der Waals surface area contributed by atoms with Crippen LogP contribution in [0.25, 0.3) is 6.08 Å². The average molecular weight is 284 g/mol. The Hall–Kier alpha value is -1.73. The molecule has 4 nitrogen and oxygen atoms in total. The van der Waals surface area contributed by atoms with Crippen LogP contribution in [0, 0.1) is 11.6 Å². The van der Waals surface area contributed by atoms with Crippen molar-refractivity contribution in [3.63, 3.8) is 0 Å². The Balaban J connectivity index is 2.32. The number of thioether (sulfide) groups is 1. The molecule has 0 atom stereocenters. The van der Waals surface area contributed by atoms with Crippen molar-refractivity contribution in [1.29, 1.82) is 0 Å². The van der Waals surface area contributed by atoms with Crippen molar-refractivity contribution < 1.29 is 18.4 Å². The van der Waals surface area contributed by atoms with Gasteiger partial charge in [-0.25, -0.2) is 8.78 Å². The van der Waals surface area contributed by atoms with Gasteiger partial charge in [0.2, 0.25) is 0 Å². The summed E-state index contributed by atoms with van der Waals surface area (Å²) in [5, 5.41) is -0.460. The van der Waals surface area contributed by atoms with Gasteiger partial charge in [0.25, 0.3) is 11.1 Å². The first-order chi connectivity index (χ1) is 9.02. The van der Waals surface area contributed by atoms with E-state index in [2.05, 4.69) is 0 Å². The third kappa shape index (κ3) is 2.82. The van der Waals surface area contributed by atoms with E-state index >= 15 is 0 Å². The molecule has 0 saturated carbocycles. The molecular weight excluding hydrogens is 274 g/mol. The molecule has 0 radical (unpaired) electrons. The first-order valence-electron chi connectivity index (χ1n) is 5.43. The van der Waals surface area contributed by atoms with Crippen molar-refractivity contribution in [3.8, 4) is 0 Å². The highest BCUT2D eigenvalue weighted by Crippen LogP contribution is 2.32. The lowest BCUT2D eigenvalue weighted by Crippen LogP contribution is -2.33. The van der Waals surface area contributed by atoms with Crippen molar-refractivity contribution in [1.82, 2.24) is 4.90 Å². The minimum atomic E-state index is -0.660. The molecule has 1 aromatic carbocycles. The van der Waals surface area contributed by atoms with Gasteiger partial charge in [-0.15, -0.1) is 0 Å². The highest BCUT2D eigenvalue weighted by atomic mass is 32.2. The smallest absolute Gasteiger partial charge is 0.293 e. The molecule has 1 aliphatic rings. The summed E-state index contributed by atoms with van der Waals surface area (Å²) in [6.07, 6.45) is 1.17. The summed E-state index contributed by atoms with van der Waals surface area (Å²) in [6.45, 7) is 0.257. The third-order valence-electron chi connectivity index (χ3n) is 2.47. The number of carbonyl (C=O) groups is 2.